The molecule has 0 saturated heterocycles. The van der Waals surface area contributed by atoms with Crippen molar-refractivity contribution < 1.29 is 14.6 Å². The van der Waals surface area contributed by atoms with Crippen LogP contribution in [0.5, 0.6) is 5.75 Å². The number of hydrogen-bond donors (Lipinski definition) is 1. The van der Waals surface area contributed by atoms with Gasteiger partial charge in [-0.25, -0.2) is 0 Å². The average molecular weight is 180 g/mol. The van der Waals surface area contributed by atoms with Crippen LogP contribution >= 0.6 is 0 Å². The molecular weight excluding hydrogens is 168 g/mol. The number of aryl methyl sites for hydroxylation is 1. The molecule has 1 aromatic rings. The van der Waals surface area contributed by atoms with Gasteiger partial charge in [0.05, 0.1) is 7.11 Å². The van der Waals surface area contributed by atoms with Crippen molar-refractivity contribution in [2.24, 2.45) is 0 Å². The van der Waals surface area contributed by atoms with Crippen molar-refractivity contribution in [3.63, 3.8) is 0 Å². The summed E-state index contributed by atoms with van der Waals surface area (Å²) >= 11 is 0. The first-order chi connectivity index (χ1) is 6.19. The highest BCUT2D eigenvalue weighted by Crippen LogP contribution is 2.16. The standard InChI is InChI=1S/C10H12O3/c1-7-5-8(13-2)3-4-9(7)10(12)6-11/h3-5,11H,6H2,1-2H3. The molecule has 0 aliphatic rings. The van der Waals surface area contributed by atoms with E-state index in [9.17, 15) is 4.79 Å². The lowest BCUT2D eigenvalue weighted by Crippen LogP contribution is -2.06. The third-order valence-corrected chi connectivity index (χ3v) is 1.88. The number of ketones is 1. The zero-order chi connectivity index (χ0) is 9.84. The molecule has 0 amide bonds. The molecule has 0 unspecified atom stereocenters. The monoisotopic (exact) mass is 180 g/mol. The number of aliphatic hydroxyl groups is 1. The van der Waals surface area contributed by atoms with E-state index < -0.39 is 6.61 Å². The van der Waals surface area contributed by atoms with Gasteiger partial charge < -0.3 is 9.84 Å². The first-order valence-electron chi connectivity index (χ1n) is 3.97. The van der Waals surface area contributed by atoms with Crippen molar-refractivity contribution in [1.29, 1.82) is 0 Å². The zero-order valence-electron chi connectivity index (χ0n) is 7.70. The van der Waals surface area contributed by atoms with E-state index >= 15 is 0 Å². The average Bonchev–Trinajstić information content (AvgIpc) is 2.16. The molecule has 0 spiro atoms. The molecule has 0 atom stereocenters. The maximum Gasteiger partial charge on any atom is 0.188 e. The first kappa shape index (κ1) is 9.74. The van der Waals surface area contributed by atoms with Crippen LogP contribution < -0.4 is 4.74 Å². The van der Waals surface area contributed by atoms with E-state index in [4.69, 9.17) is 9.84 Å². The Morgan fingerprint density at radius 3 is 2.69 bits per heavy atom. The Hall–Kier alpha value is -1.35. The van der Waals surface area contributed by atoms with Crippen molar-refractivity contribution in [2.45, 2.75) is 6.92 Å². The van der Waals surface area contributed by atoms with Gasteiger partial charge in [0.2, 0.25) is 0 Å². The highest BCUT2D eigenvalue weighted by Gasteiger charge is 2.07. The van der Waals surface area contributed by atoms with Crippen molar-refractivity contribution in [2.75, 3.05) is 13.7 Å². The van der Waals surface area contributed by atoms with Crippen molar-refractivity contribution in [3.8, 4) is 5.75 Å². The van der Waals surface area contributed by atoms with Gasteiger partial charge in [-0.05, 0) is 30.7 Å². The zero-order valence-corrected chi connectivity index (χ0v) is 7.70. The second-order valence-electron chi connectivity index (χ2n) is 2.76. The van der Waals surface area contributed by atoms with E-state index in [0.717, 1.165) is 5.56 Å². The van der Waals surface area contributed by atoms with Gasteiger partial charge in [-0.3, -0.25) is 4.79 Å². The minimum absolute atomic E-state index is 0.264. The SMILES string of the molecule is COc1ccc(C(=O)CO)c(C)c1. The number of methoxy groups -OCH3 is 1. The van der Waals surface area contributed by atoms with Crippen LogP contribution in [0.15, 0.2) is 18.2 Å². The first-order valence-corrected chi connectivity index (χ1v) is 3.97. The highest BCUT2D eigenvalue weighted by atomic mass is 16.5. The molecule has 0 fully saturated rings. The minimum Gasteiger partial charge on any atom is -0.497 e. The largest absolute Gasteiger partial charge is 0.497 e. The van der Waals surface area contributed by atoms with Crippen molar-refractivity contribution in [3.05, 3.63) is 29.3 Å². The predicted octanol–water partition coefficient (Wildman–Crippen LogP) is 1.18. The summed E-state index contributed by atoms with van der Waals surface area (Å²) in [6.45, 7) is 1.36. The third kappa shape index (κ3) is 2.06. The smallest absolute Gasteiger partial charge is 0.188 e. The highest BCUT2D eigenvalue weighted by molar-refractivity contribution is 5.98. The van der Waals surface area contributed by atoms with E-state index in [1.54, 1.807) is 25.3 Å². The molecule has 0 saturated carbocycles. The van der Waals surface area contributed by atoms with Crippen molar-refractivity contribution in [1.82, 2.24) is 0 Å². The Labute approximate surface area is 77.0 Å². The molecule has 3 nitrogen and oxygen atoms in total. The van der Waals surface area contributed by atoms with Gasteiger partial charge in [-0.1, -0.05) is 0 Å². The number of carbonyl (C=O) groups excluding carboxylic acids is 1. The topological polar surface area (TPSA) is 46.5 Å². The normalized spacial score (nSPS) is 9.77. The minimum atomic E-state index is -0.451. The lowest BCUT2D eigenvalue weighted by atomic mass is 10.1. The summed E-state index contributed by atoms with van der Waals surface area (Å²) in [5.41, 5.74) is 1.36. The van der Waals surface area contributed by atoms with E-state index in [1.165, 1.54) is 0 Å². The molecule has 70 valence electrons. The van der Waals surface area contributed by atoms with Crippen LogP contribution in [0.2, 0.25) is 0 Å². The lowest BCUT2D eigenvalue weighted by Gasteiger charge is -2.05. The maximum absolute atomic E-state index is 11.1. The van der Waals surface area contributed by atoms with Gasteiger partial charge in [-0.15, -0.1) is 0 Å². The Kier molecular flexibility index (Phi) is 3.03. The number of aliphatic hydroxyl groups excluding tert-OH is 1. The Balaban J connectivity index is 3.05. The molecule has 3 heteroatoms. The fourth-order valence-corrected chi connectivity index (χ4v) is 1.16. The summed E-state index contributed by atoms with van der Waals surface area (Å²) in [6.07, 6.45) is 0. The quantitative estimate of drug-likeness (QED) is 0.710. The van der Waals surface area contributed by atoms with Crippen LogP contribution in [0.4, 0.5) is 0 Å². The molecular formula is C10H12O3. The fourth-order valence-electron chi connectivity index (χ4n) is 1.16. The van der Waals surface area contributed by atoms with Crippen LogP contribution in [0.25, 0.3) is 0 Å². The maximum atomic E-state index is 11.1. The summed E-state index contributed by atoms with van der Waals surface area (Å²) in [5, 5.41) is 8.66. The Morgan fingerprint density at radius 1 is 1.54 bits per heavy atom. The summed E-state index contributed by atoms with van der Waals surface area (Å²) in [7, 11) is 1.57. The number of hydrogen-bond acceptors (Lipinski definition) is 3. The third-order valence-electron chi connectivity index (χ3n) is 1.88. The number of benzene rings is 1. The molecule has 1 aromatic carbocycles. The van der Waals surface area contributed by atoms with E-state index in [-0.39, 0.29) is 5.78 Å². The summed E-state index contributed by atoms with van der Waals surface area (Å²) in [4.78, 5) is 11.1. The van der Waals surface area contributed by atoms with Crippen LogP contribution in [-0.2, 0) is 0 Å². The summed E-state index contributed by atoms with van der Waals surface area (Å²) in [5.74, 6) is 0.451. The van der Waals surface area contributed by atoms with Crippen molar-refractivity contribution >= 4 is 5.78 Å². The second kappa shape index (κ2) is 4.05. The van der Waals surface area contributed by atoms with Gasteiger partial charge in [0.25, 0.3) is 0 Å². The van der Waals surface area contributed by atoms with Crippen LogP contribution in [0, 0.1) is 6.92 Å². The molecule has 0 aromatic heterocycles. The molecule has 0 bridgehead atoms. The van der Waals surface area contributed by atoms with Gasteiger partial charge in [0.15, 0.2) is 5.78 Å². The number of rotatable bonds is 3. The lowest BCUT2D eigenvalue weighted by molar-refractivity contribution is 0.0903. The number of Topliss-reactive ketones (excluding diaryl/α,β-unsaturated/α-hetero) is 1. The van der Waals surface area contributed by atoms with Gasteiger partial charge in [0.1, 0.15) is 12.4 Å². The molecule has 0 radical (unpaired) electrons. The molecule has 1 rings (SSSR count). The molecule has 0 aliphatic carbocycles. The van der Waals surface area contributed by atoms with Gasteiger partial charge >= 0.3 is 0 Å². The van der Waals surface area contributed by atoms with Crippen LogP contribution in [0.3, 0.4) is 0 Å². The van der Waals surface area contributed by atoms with Crippen LogP contribution in [0.1, 0.15) is 15.9 Å². The number of ether oxygens (including phenoxy) is 1. The number of carbonyl (C=O) groups is 1. The van der Waals surface area contributed by atoms with Gasteiger partial charge in [0, 0.05) is 5.56 Å². The second-order valence-corrected chi connectivity index (χ2v) is 2.76. The summed E-state index contributed by atoms with van der Waals surface area (Å²) in [6, 6.07) is 5.13. The van der Waals surface area contributed by atoms with Crippen LogP contribution in [-0.4, -0.2) is 24.6 Å². The van der Waals surface area contributed by atoms with E-state index in [2.05, 4.69) is 0 Å². The predicted molar refractivity (Wildman–Crippen MR) is 49.1 cm³/mol. The summed E-state index contributed by atoms with van der Waals surface area (Å²) < 4.78 is 4.99. The fraction of sp³-hybridized carbons (Fsp3) is 0.300. The molecule has 13 heavy (non-hydrogen) atoms. The molecule has 0 aliphatic heterocycles. The van der Waals surface area contributed by atoms with Gasteiger partial charge in [-0.2, -0.15) is 0 Å². The molecule has 1 N–H and O–H groups in total. The Morgan fingerprint density at radius 2 is 2.23 bits per heavy atom. The van der Waals surface area contributed by atoms with E-state index in [1.807, 2.05) is 6.92 Å². The molecule has 0 heterocycles. The van der Waals surface area contributed by atoms with E-state index in [0.29, 0.717) is 11.3 Å². The Bertz CT molecular complexity index is 318.